The lowest BCUT2D eigenvalue weighted by molar-refractivity contribution is 0.840. The SMILES string of the molecule is Cn1c2c(c3ccccc31)C(c1ccc(Cl)cc1)C=CC2. The summed E-state index contributed by atoms with van der Waals surface area (Å²) >= 11 is 6.03. The number of benzene rings is 2. The predicted molar refractivity (Wildman–Crippen MR) is 89.1 cm³/mol. The standard InChI is InChI=1S/C19H16ClN/c1-21-17-7-3-2-5-16(17)19-15(6-4-8-18(19)21)13-9-11-14(20)12-10-13/h2-7,9-12,15H,8H2,1H3. The van der Waals surface area contributed by atoms with E-state index in [0.29, 0.717) is 5.92 Å². The summed E-state index contributed by atoms with van der Waals surface area (Å²) in [6.07, 6.45) is 5.60. The molecule has 3 aromatic rings. The average Bonchev–Trinajstić information content (AvgIpc) is 2.82. The Labute approximate surface area is 129 Å². The van der Waals surface area contributed by atoms with Gasteiger partial charge in [-0.15, -0.1) is 0 Å². The van der Waals surface area contributed by atoms with Crippen LogP contribution in [0.2, 0.25) is 5.02 Å². The molecule has 0 aliphatic heterocycles. The third-order valence-corrected chi connectivity index (χ3v) is 4.70. The Kier molecular flexibility index (Phi) is 2.90. The highest BCUT2D eigenvalue weighted by Gasteiger charge is 2.24. The van der Waals surface area contributed by atoms with Crippen LogP contribution in [0.15, 0.2) is 60.7 Å². The number of fused-ring (bicyclic) bond motifs is 3. The van der Waals surface area contributed by atoms with Crippen LogP contribution in [0.4, 0.5) is 0 Å². The zero-order valence-corrected chi connectivity index (χ0v) is 12.6. The van der Waals surface area contributed by atoms with Gasteiger partial charge in [0.2, 0.25) is 0 Å². The molecule has 2 heteroatoms. The Morgan fingerprint density at radius 3 is 2.62 bits per heavy atom. The fraction of sp³-hybridized carbons (Fsp3) is 0.158. The van der Waals surface area contributed by atoms with E-state index in [0.717, 1.165) is 11.4 Å². The van der Waals surface area contributed by atoms with Crippen LogP contribution in [-0.2, 0) is 13.5 Å². The van der Waals surface area contributed by atoms with Gasteiger partial charge in [-0.25, -0.2) is 0 Å². The molecule has 2 aromatic carbocycles. The van der Waals surface area contributed by atoms with Gasteiger partial charge in [0.05, 0.1) is 0 Å². The van der Waals surface area contributed by atoms with Gasteiger partial charge in [0.15, 0.2) is 0 Å². The van der Waals surface area contributed by atoms with E-state index in [2.05, 4.69) is 60.2 Å². The summed E-state index contributed by atoms with van der Waals surface area (Å²) in [7, 11) is 2.17. The number of allylic oxidation sites excluding steroid dienone is 2. The van der Waals surface area contributed by atoms with Gasteiger partial charge in [0, 0.05) is 41.0 Å². The Morgan fingerprint density at radius 2 is 1.81 bits per heavy atom. The molecule has 0 fully saturated rings. The second-order valence-electron chi connectivity index (χ2n) is 5.60. The van der Waals surface area contributed by atoms with Crippen molar-refractivity contribution in [2.75, 3.05) is 0 Å². The maximum atomic E-state index is 6.03. The molecule has 0 saturated heterocycles. The van der Waals surface area contributed by atoms with Gasteiger partial charge in [-0.1, -0.05) is 54.1 Å². The zero-order chi connectivity index (χ0) is 14.4. The lowest BCUT2D eigenvalue weighted by atomic mass is 9.85. The first kappa shape index (κ1) is 12.7. The van der Waals surface area contributed by atoms with E-state index in [4.69, 9.17) is 11.6 Å². The van der Waals surface area contributed by atoms with E-state index in [-0.39, 0.29) is 0 Å². The van der Waals surface area contributed by atoms with Crippen molar-refractivity contribution in [1.82, 2.24) is 4.57 Å². The number of para-hydroxylation sites is 1. The summed E-state index contributed by atoms with van der Waals surface area (Å²) < 4.78 is 2.33. The number of nitrogens with zero attached hydrogens (tertiary/aromatic N) is 1. The highest BCUT2D eigenvalue weighted by molar-refractivity contribution is 6.30. The van der Waals surface area contributed by atoms with Gasteiger partial charge in [0.1, 0.15) is 0 Å². The van der Waals surface area contributed by atoms with Crippen molar-refractivity contribution in [3.8, 4) is 0 Å². The van der Waals surface area contributed by atoms with Crippen molar-refractivity contribution in [2.45, 2.75) is 12.3 Å². The molecule has 0 saturated carbocycles. The number of hydrogen-bond donors (Lipinski definition) is 0. The second kappa shape index (κ2) is 4.78. The van der Waals surface area contributed by atoms with Crippen molar-refractivity contribution in [3.05, 3.63) is 82.5 Å². The van der Waals surface area contributed by atoms with E-state index in [9.17, 15) is 0 Å². The first-order chi connectivity index (χ1) is 10.3. The fourth-order valence-electron chi connectivity index (χ4n) is 3.43. The van der Waals surface area contributed by atoms with E-state index in [1.807, 2.05) is 12.1 Å². The highest BCUT2D eigenvalue weighted by Crippen LogP contribution is 2.39. The molecule has 1 atom stereocenters. The maximum Gasteiger partial charge on any atom is 0.0483 e. The largest absolute Gasteiger partial charge is 0.347 e. The highest BCUT2D eigenvalue weighted by atomic mass is 35.5. The van der Waals surface area contributed by atoms with Crippen LogP contribution in [0, 0.1) is 0 Å². The quantitative estimate of drug-likeness (QED) is 0.552. The van der Waals surface area contributed by atoms with Gasteiger partial charge in [-0.3, -0.25) is 0 Å². The Hall–Kier alpha value is -1.99. The van der Waals surface area contributed by atoms with Crippen LogP contribution in [-0.4, -0.2) is 4.57 Å². The molecule has 1 aliphatic carbocycles. The summed E-state index contributed by atoms with van der Waals surface area (Å²) in [5.74, 6) is 0.317. The average molecular weight is 294 g/mol. The molecule has 0 spiro atoms. The summed E-state index contributed by atoms with van der Waals surface area (Å²) in [5.41, 5.74) is 5.47. The third-order valence-electron chi connectivity index (χ3n) is 4.45. The van der Waals surface area contributed by atoms with E-state index >= 15 is 0 Å². The van der Waals surface area contributed by atoms with Crippen molar-refractivity contribution >= 4 is 22.5 Å². The van der Waals surface area contributed by atoms with Crippen LogP contribution >= 0.6 is 11.6 Å². The molecule has 4 rings (SSSR count). The molecule has 1 unspecified atom stereocenters. The van der Waals surface area contributed by atoms with Crippen LogP contribution in [0.3, 0.4) is 0 Å². The van der Waals surface area contributed by atoms with Crippen LogP contribution in [0.25, 0.3) is 10.9 Å². The Balaban J connectivity index is 1.97. The molecule has 1 aliphatic rings. The molecule has 21 heavy (non-hydrogen) atoms. The molecular formula is C19H16ClN. The summed E-state index contributed by atoms with van der Waals surface area (Å²) in [6, 6.07) is 16.9. The van der Waals surface area contributed by atoms with Crippen LogP contribution in [0.1, 0.15) is 22.7 Å². The van der Waals surface area contributed by atoms with E-state index in [1.165, 1.54) is 27.7 Å². The number of hydrogen-bond acceptors (Lipinski definition) is 0. The summed E-state index contributed by atoms with van der Waals surface area (Å²) in [6.45, 7) is 0. The first-order valence-electron chi connectivity index (χ1n) is 7.24. The summed E-state index contributed by atoms with van der Waals surface area (Å²) in [4.78, 5) is 0. The predicted octanol–water partition coefficient (Wildman–Crippen LogP) is 5.08. The number of aryl methyl sites for hydroxylation is 1. The normalized spacial score (nSPS) is 17.1. The maximum absolute atomic E-state index is 6.03. The minimum absolute atomic E-state index is 0.317. The first-order valence-corrected chi connectivity index (χ1v) is 7.62. The number of halogens is 1. The Bertz CT molecular complexity index is 840. The smallest absolute Gasteiger partial charge is 0.0483 e. The molecule has 1 nitrogen and oxygen atoms in total. The third kappa shape index (κ3) is 1.92. The molecule has 0 bridgehead atoms. The molecule has 1 heterocycles. The summed E-state index contributed by atoms with van der Waals surface area (Å²) in [5, 5.41) is 2.15. The lowest BCUT2D eigenvalue weighted by Crippen LogP contribution is -2.07. The molecule has 1 aromatic heterocycles. The van der Waals surface area contributed by atoms with E-state index < -0.39 is 0 Å². The molecule has 0 amide bonds. The van der Waals surface area contributed by atoms with Gasteiger partial charge in [-0.05, 0) is 29.3 Å². The molecule has 104 valence electrons. The van der Waals surface area contributed by atoms with Crippen molar-refractivity contribution in [1.29, 1.82) is 0 Å². The molecule has 0 radical (unpaired) electrons. The van der Waals surface area contributed by atoms with Gasteiger partial charge >= 0.3 is 0 Å². The second-order valence-corrected chi connectivity index (χ2v) is 6.03. The number of aromatic nitrogens is 1. The minimum atomic E-state index is 0.317. The van der Waals surface area contributed by atoms with Crippen molar-refractivity contribution in [3.63, 3.8) is 0 Å². The lowest BCUT2D eigenvalue weighted by Gasteiger charge is -2.20. The number of rotatable bonds is 1. The Morgan fingerprint density at radius 1 is 1.05 bits per heavy atom. The zero-order valence-electron chi connectivity index (χ0n) is 11.9. The van der Waals surface area contributed by atoms with Gasteiger partial charge < -0.3 is 4.57 Å². The topological polar surface area (TPSA) is 4.93 Å². The van der Waals surface area contributed by atoms with Crippen molar-refractivity contribution in [2.24, 2.45) is 7.05 Å². The van der Waals surface area contributed by atoms with Gasteiger partial charge in [0.25, 0.3) is 0 Å². The van der Waals surface area contributed by atoms with Crippen LogP contribution in [0.5, 0.6) is 0 Å². The van der Waals surface area contributed by atoms with E-state index in [1.54, 1.807) is 0 Å². The van der Waals surface area contributed by atoms with Gasteiger partial charge in [-0.2, -0.15) is 0 Å². The van der Waals surface area contributed by atoms with Crippen molar-refractivity contribution < 1.29 is 0 Å². The molecule has 0 N–H and O–H groups in total. The fourth-order valence-corrected chi connectivity index (χ4v) is 3.56. The monoisotopic (exact) mass is 293 g/mol. The van der Waals surface area contributed by atoms with Crippen LogP contribution < -0.4 is 0 Å². The molecular weight excluding hydrogens is 278 g/mol. The minimum Gasteiger partial charge on any atom is -0.347 e.